The van der Waals surface area contributed by atoms with Gasteiger partial charge in [-0.15, -0.1) is 0 Å². The molecule has 4 heteroatoms. The summed E-state index contributed by atoms with van der Waals surface area (Å²) < 4.78 is 1.08. The third-order valence-corrected chi connectivity index (χ3v) is 3.90. The van der Waals surface area contributed by atoms with E-state index in [1.54, 1.807) is 0 Å². The topological polar surface area (TPSA) is 32.3 Å². The Balaban J connectivity index is 1.67. The first-order chi connectivity index (χ1) is 9.72. The lowest BCUT2D eigenvalue weighted by atomic mass is 10.1. The molecule has 0 spiro atoms. The van der Waals surface area contributed by atoms with E-state index < -0.39 is 0 Å². The number of rotatable bonds is 3. The van der Waals surface area contributed by atoms with Crippen LogP contribution in [-0.4, -0.2) is 12.5 Å². The minimum atomic E-state index is 0.0203. The van der Waals surface area contributed by atoms with Crippen molar-refractivity contribution in [2.75, 3.05) is 11.6 Å². The quantitative estimate of drug-likeness (QED) is 0.937. The zero-order valence-corrected chi connectivity index (χ0v) is 12.6. The number of fused-ring (bicyclic) bond motifs is 1. The van der Waals surface area contributed by atoms with E-state index in [1.165, 1.54) is 5.56 Å². The highest BCUT2D eigenvalue weighted by Crippen LogP contribution is 2.29. The maximum Gasteiger partial charge on any atom is 0.242 e. The molecular weight excluding hydrogens is 316 g/mol. The Morgan fingerprint density at radius 1 is 1.20 bits per heavy atom. The molecule has 3 rings (SSSR count). The number of benzene rings is 2. The van der Waals surface area contributed by atoms with Crippen LogP contribution in [0.3, 0.4) is 0 Å². The van der Waals surface area contributed by atoms with Crippen LogP contribution in [0.2, 0.25) is 0 Å². The second kappa shape index (κ2) is 5.67. The average Bonchev–Trinajstić information content (AvgIpc) is 2.82. The number of anilines is 1. The van der Waals surface area contributed by atoms with Crippen LogP contribution in [0, 0.1) is 0 Å². The summed E-state index contributed by atoms with van der Waals surface area (Å²) in [6.07, 6.45) is 1.36. The standard InChI is InChI=1S/C16H15BrN2O/c17-14-6-7-15-13(11-14)8-9-19(15)18-16(20)10-12-4-2-1-3-5-12/h1-7,11H,8-10H2,(H,18,20). The fourth-order valence-electron chi connectivity index (χ4n) is 2.46. The van der Waals surface area contributed by atoms with Crippen molar-refractivity contribution in [3.8, 4) is 0 Å². The first-order valence-corrected chi connectivity index (χ1v) is 7.41. The second-order valence-corrected chi connectivity index (χ2v) is 5.79. The first-order valence-electron chi connectivity index (χ1n) is 6.62. The van der Waals surface area contributed by atoms with E-state index in [9.17, 15) is 4.79 Å². The van der Waals surface area contributed by atoms with Crippen LogP contribution in [0.25, 0.3) is 0 Å². The third kappa shape index (κ3) is 2.85. The molecule has 1 heterocycles. The number of hydrogen-bond acceptors (Lipinski definition) is 2. The number of carbonyl (C=O) groups excluding carboxylic acids is 1. The summed E-state index contributed by atoms with van der Waals surface area (Å²) >= 11 is 3.47. The zero-order valence-electron chi connectivity index (χ0n) is 11.0. The summed E-state index contributed by atoms with van der Waals surface area (Å²) in [5, 5.41) is 1.94. The van der Waals surface area contributed by atoms with Gasteiger partial charge in [-0.05, 0) is 35.7 Å². The van der Waals surface area contributed by atoms with E-state index in [0.29, 0.717) is 6.42 Å². The molecule has 0 bridgehead atoms. The number of hydrogen-bond donors (Lipinski definition) is 1. The average molecular weight is 331 g/mol. The van der Waals surface area contributed by atoms with Gasteiger partial charge in [-0.1, -0.05) is 46.3 Å². The molecule has 0 aliphatic carbocycles. The molecule has 3 nitrogen and oxygen atoms in total. The molecule has 0 atom stereocenters. The first kappa shape index (κ1) is 13.2. The Hall–Kier alpha value is -1.81. The molecule has 1 amide bonds. The smallest absolute Gasteiger partial charge is 0.242 e. The third-order valence-electron chi connectivity index (χ3n) is 3.40. The van der Waals surface area contributed by atoms with E-state index in [1.807, 2.05) is 47.5 Å². The Morgan fingerprint density at radius 3 is 2.80 bits per heavy atom. The summed E-state index contributed by atoms with van der Waals surface area (Å²) in [5.74, 6) is 0.0203. The van der Waals surface area contributed by atoms with Crippen LogP contribution in [0.5, 0.6) is 0 Å². The van der Waals surface area contributed by atoms with Gasteiger partial charge in [0.1, 0.15) is 0 Å². The van der Waals surface area contributed by atoms with Gasteiger partial charge in [0.05, 0.1) is 12.1 Å². The molecule has 2 aromatic carbocycles. The zero-order chi connectivity index (χ0) is 13.9. The molecule has 0 fully saturated rings. The summed E-state index contributed by atoms with van der Waals surface area (Å²) in [4.78, 5) is 12.1. The number of amides is 1. The molecule has 20 heavy (non-hydrogen) atoms. The van der Waals surface area contributed by atoms with Gasteiger partial charge in [0.15, 0.2) is 0 Å². The van der Waals surface area contributed by atoms with Crippen molar-refractivity contribution in [2.45, 2.75) is 12.8 Å². The van der Waals surface area contributed by atoms with Gasteiger partial charge in [-0.25, -0.2) is 0 Å². The Morgan fingerprint density at radius 2 is 2.00 bits per heavy atom. The number of nitrogens with zero attached hydrogens (tertiary/aromatic N) is 1. The maximum atomic E-state index is 12.1. The summed E-state index contributed by atoms with van der Waals surface area (Å²) in [6, 6.07) is 15.9. The van der Waals surface area contributed by atoms with Crippen molar-refractivity contribution in [3.63, 3.8) is 0 Å². The Bertz CT molecular complexity index is 628. The lowest BCUT2D eigenvalue weighted by Crippen LogP contribution is -2.41. The van der Waals surface area contributed by atoms with Crippen molar-refractivity contribution in [2.24, 2.45) is 0 Å². The summed E-state index contributed by atoms with van der Waals surface area (Å²) in [6.45, 7) is 0.826. The van der Waals surface area contributed by atoms with E-state index in [-0.39, 0.29) is 5.91 Å². The predicted molar refractivity (Wildman–Crippen MR) is 83.5 cm³/mol. The largest absolute Gasteiger partial charge is 0.285 e. The van der Waals surface area contributed by atoms with Crippen molar-refractivity contribution in [3.05, 3.63) is 64.1 Å². The van der Waals surface area contributed by atoms with Gasteiger partial charge in [-0.2, -0.15) is 0 Å². The lowest BCUT2D eigenvalue weighted by Gasteiger charge is -2.20. The van der Waals surface area contributed by atoms with E-state index >= 15 is 0 Å². The molecule has 1 aliphatic rings. The number of halogens is 1. The van der Waals surface area contributed by atoms with Crippen LogP contribution >= 0.6 is 15.9 Å². The monoisotopic (exact) mass is 330 g/mol. The molecule has 0 radical (unpaired) electrons. The van der Waals surface area contributed by atoms with Crippen molar-refractivity contribution < 1.29 is 4.79 Å². The molecule has 0 saturated heterocycles. The van der Waals surface area contributed by atoms with E-state index in [4.69, 9.17) is 0 Å². The highest BCUT2D eigenvalue weighted by molar-refractivity contribution is 9.10. The number of nitrogens with one attached hydrogen (secondary N) is 1. The van der Waals surface area contributed by atoms with Crippen molar-refractivity contribution in [1.29, 1.82) is 0 Å². The maximum absolute atomic E-state index is 12.1. The van der Waals surface area contributed by atoms with Gasteiger partial charge in [-0.3, -0.25) is 15.2 Å². The van der Waals surface area contributed by atoms with Crippen LogP contribution in [0.4, 0.5) is 5.69 Å². The number of carbonyl (C=O) groups is 1. The van der Waals surface area contributed by atoms with Crippen LogP contribution < -0.4 is 10.4 Å². The molecule has 102 valence electrons. The van der Waals surface area contributed by atoms with Gasteiger partial charge < -0.3 is 0 Å². The highest BCUT2D eigenvalue weighted by Gasteiger charge is 2.20. The fraction of sp³-hybridized carbons (Fsp3) is 0.188. The van der Waals surface area contributed by atoms with Crippen LogP contribution in [0.15, 0.2) is 53.0 Å². The predicted octanol–water partition coefficient (Wildman–Crippen LogP) is 3.09. The summed E-state index contributed by atoms with van der Waals surface area (Å²) in [5.41, 5.74) is 6.37. The molecule has 0 unspecified atom stereocenters. The van der Waals surface area contributed by atoms with Gasteiger partial charge in [0.2, 0.25) is 5.91 Å². The normalized spacial score (nSPS) is 13.2. The minimum Gasteiger partial charge on any atom is -0.285 e. The van der Waals surface area contributed by atoms with Crippen LogP contribution in [0.1, 0.15) is 11.1 Å². The van der Waals surface area contributed by atoms with Gasteiger partial charge in [0, 0.05) is 11.0 Å². The van der Waals surface area contributed by atoms with E-state index in [0.717, 1.165) is 28.7 Å². The van der Waals surface area contributed by atoms with Gasteiger partial charge in [0.25, 0.3) is 0 Å². The van der Waals surface area contributed by atoms with Crippen molar-refractivity contribution >= 4 is 27.5 Å². The molecule has 1 aliphatic heterocycles. The molecule has 0 aromatic heterocycles. The molecule has 1 N–H and O–H groups in total. The van der Waals surface area contributed by atoms with Crippen molar-refractivity contribution in [1.82, 2.24) is 5.43 Å². The van der Waals surface area contributed by atoms with Gasteiger partial charge >= 0.3 is 0 Å². The molecule has 2 aromatic rings. The highest BCUT2D eigenvalue weighted by atomic mass is 79.9. The minimum absolute atomic E-state index is 0.0203. The Labute approximate surface area is 126 Å². The Kier molecular flexibility index (Phi) is 3.74. The van der Waals surface area contributed by atoms with Crippen LogP contribution in [-0.2, 0) is 17.6 Å². The fourth-order valence-corrected chi connectivity index (χ4v) is 2.87. The SMILES string of the molecule is O=C(Cc1ccccc1)NN1CCc2cc(Br)ccc21. The number of hydrazine groups is 1. The molecule has 0 saturated carbocycles. The second-order valence-electron chi connectivity index (χ2n) is 4.87. The molecular formula is C16H15BrN2O. The summed E-state index contributed by atoms with van der Waals surface area (Å²) in [7, 11) is 0. The lowest BCUT2D eigenvalue weighted by molar-refractivity contribution is -0.120. The van der Waals surface area contributed by atoms with E-state index in [2.05, 4.69) is 27.4 Å².